The summed E-state index contributed by atoms with van der Waals surface area (Å²) >= 11 is 0. The fraction of sp³-hybridized carbons (Fsp3) is 1.00. The maximum atomic E-state index is 10.7. The van der Waals surface area contributed by atoms with E-state index in [9.17, 15) is 5.11 Å². The molecule has 0 aromatic carbocycles. The van der Waals surface area contributed by atoms with Gasteiger partial charge in [-0.1, -0.05) is 20.8 Å². The molecule has 0 aromatic rings. The smallest absolute Gasteiger partial charge is 0.0721 e. The van der Waals surface area contributed by atoms with Gasteiger partial charge in [0.2, 0.25) is 0 Å². The molecule has 0 unspecified atom stereocenters. The molecule has 0 spiro atoms. The minimum atomic E-state index is -0.492. The molecule has 2 nitrogen and oxygen atoms in total. The molecule has 2 fully saturated rings. The molecule has 2 saturated carbocycles. The van der Waals surface area contributed by atoms with E-state index in [1.165, 1.54) is 12.8 Å². The Kier molecular flexibility index (Phi) is 2.04. The van der Waals surface area contributed by atoms with Crippen LogP contribution in [0.25, 0.3) is 0 Å². The highest BCUT2D eigenvalue weighted by atomic mass is 16.3. The van der Waals surface area contributed by atoms with Crippen LogP contribution in [0.4, 0.5) is 0 Å². The van der Waals surface area contributed by atoms with Crippen molar-refractivity contribution in [2.24, 2.45) is 22.5 Å². The lowest BCUT2D eigenvalue weighted by Gasteiger charge is -2.45. The number of aliphatic hydroxyl groups is 1. The second-order valence-electron chi connectivity index (χ2n) is 6.06. The van der Waals surface area contributed by atoms with Gasteiger partial charge < -0.3 is 10.8 Å². The molecule has 0 aromatic heterocycles. The molecule has 2 aliphatic rings. The van der Waals surface area contributed by atoms with Crippen molar-refractivity contribution in [3.63, 3.8) is 0 Å². The minimum absolute atomic E-state index is 0.0873. The molecular formula is C12H23NO. The van der Waals surface area contributed by atoms with Crippen LogP contribution in [-0.2, 0) is 0 Å². The van der Waals surface area contributed by atoms with Crippen LogP contribution in [-0.4, -0.2) is 17.3 Å². The van der Waals surface area contributed by atoms with E-state index < -0.39 is 5.60 Å². The lowest BCUT2D eigenvalue weighted by molar-refractivity contribution is -0.0928. The first-order valence-corrected chi connectivity index (χ1v) is 5.80. The topological polar surface area (TPSA) is 46.2 Å². The molecule has 2 aliphatic carbocycles. The summed E-state index contributed by atoms with van der Waals surface area (Å²) in [6.07, 6.45) is 4.19. The average molecular weight is 197 g/mol. The van der Waals surface area contributed by atoms with Gasteiger partial charge in [0.1, 0.15) is 0 Å². The number of rotatable bonds is 2. The Morgan fingerprint density at radius 1 is 1.36 bits per heavy atom. The highest BCUT2D eigenvalue weighted by Crippen LogP contribution is 2.70. The van der Waals surface area contributed by atoms with Crippen molar-refractivity contribution in [1.82, 2.24) is 0 Å². The van der Waals surface area contributed by atoms with E-state index >= 15 is 0 Å². The maximum absolute atomic E-state index is 10.7. The zero-order valence-electron chi connectivity index (χ0n) is 9.64. The van der Waals surface area contributed by atoms with Crippen molar-refractivity contribution in [2.45, 2.75) is 52.1 Å². The summed E-state index contributed by atoms with van der Waals surface area (Å²) in [5, 5.41) is 10.7. The Morgan fingerprint density at radius 3 is 2.36 bits per heavy atom. The maximum Gasteiger partial charge on any atom is 0.0721 e. The van der Waals surface area contributed by atoms with Crippen LogP contribution in [0.15, 0.2) is 0 Å². The van der Waals surface area contributed by atoms with Crippen molar-refractivity contribution in [2.75, 3.05) is 6.54 Å². The molecular weight excluding hydrogens is 174 g/mol. The highest BCUT2D eigenvalue weighted by Gasteiger charge is 2.67. The van der Waals surface area contributed by atoms with Crippen LogP contribution in [0, 0.1) is 16.7 Å². The Balaban J connectivity index is 2.35. The fourth-order valence-electron chi connectivity index (χ4n) is 4.04. The predicted molar refractivity (Wildman–Crippen MR) is 57.9 cm³/mol. The number of hydrogen-bond acceptors (Lipinski definition) is 2. The van der Waals surface area contributed by atoms with Gasteiger partial charge >= 0.3 is 0 Å². The highest BCUT2D eigenvalue weighted by molar-refractivity contribution is 5.17. The number of hydrogen-bond donors (Lipinski definition) is 2. The van der Waals surface area contributed by atoms with Gasteiger partial charge in [0.25, 0.3) is 0 Å². The van der Waals surface area contributed by atoms with E-state index in [1.54, 1.807) is 0 Å². The molecule has 2 rings (SSSR count). The number of fused-ring (bicyclic) bond motifs is 2. The largest absolute Gasteiger partial charge is 0.389 e. The normalized spacial score (nSPS) is 49.9. The molecule has 3 atom stereocenters. The standard InChI is InChI=1S/C12H23NO/c1-10(2)9-4-5-11(10,3)12(14,8-9)6-7-13/h9,14H,4-8,13H2,1-3H3/t9-,11-,12-/m1/s1. The summed E-state index contributed by atoms with van der Waals surface area (Å²) in [7, 11) is 0. The minimum Gasteiger partial charge on any atom is -0.389 e. The summed E-state index contributed by atoms with van der Waals surface area (Å²) in [5.41, 5.74) is 5.50. The van der Waals surface area contributed by atoms with E-state index in [2.05, 4.69) is 20.8 Å². The first-order valence-electron chi connectivity index (χ1n) is 5.80. The van der Waals surface area contributed by atoms with E-state index in [1.807, 2.05) is 0 Å². The Hall–Kier alpha value is -0.0800. The summed E-state index contributed by atoms with van der Waals surface area (Å²) in [6.45, 7) is 7.50. The van der Waals surface area contributed by atoms with Crippen molar-refractivity contribution >= 4 is 0 Å². The summed E-state index contributed by atoms with van der Waals surface area (Å²) in [6, 6.07) is 0. The first kappa shape index (κ1) is 10.4. The lowest BCUT2D eigenvalue weighted by atomic mass is 9.63. The molecule has 2 bridgehead atoms. The Morgan fingerprint density at radius 2 is 2.00 bits per heavy atom. The third-order valence-electron chi connectivity index (χ3n) is 5.60. The van der Waals surface area contributed by atoms with Gasteiger partial charge in [-0.3, -0.25) is 0 Å². The van der Waals surface area contributed by atoms with Crippen LogP contribution >= 0.6 is 0 Å². The van der Waals surface area contributed by atoms with Crippen LogP contribution in [0.2, 0.25) is 0 Å². The molecule has 0 saturated heterocycles. The average Bonchev–Trinajstić information content (AvgIpc) is 2.36. The van der Waals surface area contributed by atoms with Crippen LogP contribution in [0.1, 0.15) is 46.5 Å². The van der Waals surface area contributed by atoms with E-state index in [0.717, 1.165) is 12.8 Å². The monoisotopic (exact) mass is 197 g/mol. The first-order chi connectivity index (χ1) is 6.37. The predicted octanol–water partition coefficient (Wildman–Crippen LogP) is 1.91. The summed E-state index contributed by atoms with van der Waals surface area (Å²) < 4.78 is 0. The van der Waals surface area contributed by atoms with E-state index in [0.29, 0.717) is 12.5 Å². The van der Waals surface area contributed by atoms with Crippen LogP contribution in [0.5, 0.6) is 0 Å². The molecule has 0 radical (unpaired) electrons. The number of nitrogens with two attached hydrogens (primary N) is 1. The third kappa shape index (κ3) is 0.938. The summed E-state index contributed by atoms with van der Waals surface area (Å²) in [5.74, 6) is 0.698. The third-order valence-corrected chi connectivity index (χ3v) is 5.60. The Labute approximate surface area is 86.9 Å². The summed E-state index contributed by atoms with van der Waals surface area (Å²) in [4.78, 5) is 0. The van der Waals surface area contributed by atoms with E-state index in [4.69, 9.17) is 5.73 Å². The van der Waals surface area contributed by atoms with Gasteiger partial charge in [-0.15, -0.1) is 0 Å². The zero-order valence-corrected chi connectivity index (χ0v) is 9.64. The lowest BCUT2D eigenvalue weighted by Crippen LogP contribution is -2.48. The van der Waals surface area contributed by atoms with Crippen LogP contribution in [0.3, 0.4) is 0 Å². The molecule has 0 aliphatic heterocycles. The second-order valence-corrected chi connectivity index (χ2v) is 6.06. The SMILES string of the molecule is CC1(C)[C@@H]2CC[C@@]1(C)[C@@](O)(CCN)C2. The quantitative estimate of drug-likeness (QED) is 0.710. The van der Waals surface area contributed by atoms with Gasteiger partial charge in [-0.2, -0.15) is 0 Å². The van der Waals surface area contributed by atoms with Gasteiger partial charge in [0, 0.05) is 5.41 Å². The fourth-order valence-corrected chi connectivity index (χ4v) is 4.04. The van der Waals surface area contributed by atoms with E-state index in [-0.39, 0.29) is 10.8 Å². The zero-order chi connectivity index (χ0) is 10.6. The molecule has 2 heteroatoms. The van der Waals surface area contributed by atoms with Crippen molar-refractivity contribution in [3.8, 4) is 0 Å². The van der Waals surface area contributed by atoms with Gasteiger partial charge in [0.05, 0.1) is 5.60 Å². The molecule has 3 N–H and O–H groups in total. The van der Waals surface area contributed by atoms with Gasteiger partial charge in [-0.25, -0.2) is 0 Å². The van der Waals surface area contributed by atoms with Crippen molar-refractivity contribution in [3.05, 3.63) is 0 Å². The molecule has 14 heavy (non-hydrogen) atoms. The second kappa shape index (κ2) is 2.73. The van der Waals surface area contributed by atoms with Crippen molar-refractivity contribution in [1.29, 1.82) is 0 Å². The van der Waals surface area contributed by atoms with Gasteiger partial charge in [0.15, 0.2) is 0 Å². The molecule has 0 heterocycles. The molecule has 82 valence electrons. The van der Waals surface area contributed by atoms with Crippen LogP contribution < -0.4 is 5.73 Å². The van der Waals surface area contributed by atoms with Crippen molar-refractivity contribution < 1.29 is 5.11 Å². The molecule has 0 amide bonds. The Bertz CT molecular complexity index is 251. The van der Waals surface area contributed by atoms with Gasteiger partial charge in [-0.05, 0) is 43.6 Å².